The molecule has 3 aliphatic rings. The first-order valence-corrected chi connectivity index (χ1v) is 9.12. The number of hydrogen-bond acceptors (Lipinski definition) is 5. The minimum atomic E-state index is 0.173. The molecule has 0 aromatic rings. The molecule has 0 aliphatic carbocycles. The molecule has 0 radical (unpaired) electrons. The average Bonchev–Trinajstić information content (AvgIpc) is 2.96. The van der Waals surface area contributed by atoms with Crippen molar-refractivity contribution < 1.29 is 14.3 Å². The zero-order valence-electron chi connectivity index (χ0n) is 14.9. The Morgan fingerprint density at radius 1 is 0.958 bits per heavy atom. The number of morpholine rings is 1. The van der Waals surface area contributed by atoms with E-state index in [1.165, 1.54) is 0 Å². The third-order valence-electron chi connectivity index (χ3n) is 5.60. The third-order valence-corrected chi connectivity index (χ3v) is 5.60. The van der Waals surface area contributed by atoms with Crippen molar-refractivity contribution in [2.75, 3.05) is 72.1 Å². The van der Waals surface area contributed by atoms with E-state index < -0.39 is 0 Å². The average molecular weight is 338 g/mol. The van der Waals surface area contributed by atoms with Crippen LogP contribution in [-0.2, 0) is 14.3 Å². The standard InChI is InChI=1S/C17H30N4O3/c1-14-11-18(13-17(23)21-7-9-24-10-8-21)12-16(14)20-5-3-19(4-6-20)15(2)22/h14,16H,3-13H2,1-2H3/t14-,16+/m0/s1. The van der Waals surface area contributed by atoms with E-state index in [0.29, 0.717) is 31.7 Å². The van der Waals surface area contributed by atoms with E-state index >= 15 is 0 Å². The first-order chi connectivity index (χ1) is 11.5. The molecule has 2 amide bonds. The lowest BCUT2D eigenvalue weighted by molar-refractivity contribution is -0.136. The number of rotatable bonds is 3. The molecular formula is C17H30N4O3. The van der Waals surface area contributed by atoms with Crippen LogP contribution in [-0.4, -0.2) is 110 Å². The maximum Gasteiger partial charge on any atom is 0.236 e. The van der Waals surface area contributed by atoms with Crippen LogP contribution in [0.25, 0.3) is 0 Å². The quantitative estimate of drug-likeness (QED) is 0.683. The molecule has 2 atom stereocenters. The number of amides is 2. The molecule has 3 heterocycles. The van der Waals surface area contributed by atoms with Crippen molar-refractivity contribution in [1.82, 2.24) is 19.6 Å². The fourth-order valence-electron chi connectivity index (χ4n) is 4.12. The van der Waals surface area contributed by atoms with Crippen molar-refractivity contribution >= 4 is 11.8 Å². The molecule has 0 aromatic heterocycles. The van der Waals surface area contributed by atoms with Gasteiger partial charge >= 0.3 is 0 Å². The summed E-state index contributed by atoms with van der Waals surface area (Å²) in [6, 6.07) is 0.497. The van der Waals surface area contributed by atoms with Gasteiger partial charge in [0.1, 0.15) is 0 Å². The van der Waals surface area contributed by atoms with Crippen LogP contribution in [0.2, 0.25) is 0 Å². The molecular weight excluding hydrogens is 308 g/mol. The topological polar surface area (TPSA) is 56.3 Å². The van der Waals surface area contributed by atoms with Crippen LogP contribution < -0.4 is 0 Å². The summed E-state index contributed by atoms with van der Waals surface area (Å²) in [5.74, 6) is 0.964. The predicted molar refractivity (Wildman–Crippen MR) is 90.6 cm³/mol. The summed E-state index contributed by atoms with van der Waals surface area (Å²) in [7, 11) is 0. The van der Waals surface area contributed by atoms with Gasteiger partial charge in [0.15, 0.2) is 0 Å². The lowest BCUT2D eigenvalue weighted by atomic mass is 10.0. The van der Waals surface area contributed by atoms with Gasteiger partial charge in [0.05, 0.1) is 19.8 Å². The van der Waals surface area contributed by atoms with Gasteiger partial charge in [-0.2, -0.15) is 0 Å². The van der Waals surface area contributed by atoms with Gasteiger partial charge in [-0.3, -0.25) is 19.4 Å². The Balaban J connectivity index is 1.48. The van der Waals surface area contributed by atoms with Gasteiger partial charge in [-0.15, -0.1) is 0 Å². The Hall–Kier alpha value is -1.18. The minimum absolute atomic E-state index is 0.173. The highest BCUT2D eigenvalue weighted by Crippen LogP contribution is 2.23. The second kappa shape index (κ2) is 7.80. The molecule has 0 bridgehead atoms. The summed E-state index contributed by atoms with van der Waals surface area (Å²) in [6.45, 7) is 12.7. The molecule has 136 valence electrons. The van der Waals surface area contributed by atoms with Crippen LogP contribution >= 0.6 is 0 Å². The zero-order chi connectivity index (χ0) is 17.1. The number of carbonyl (C=O) groups is 2. The van der Waals surface area contributed by atoms with E-state index in [2.05, 4.69) is 16.7 Å². The van der Waals surface area contributed by atoms with Crippen LogP contribution in [0.4, 0.5) is 0 Å². The molecule has 7 nitrogen and oxygen atoms in total. The SMILES string of the molecule is CC(=O)N1CCN([C@@H]2CN(CC(=O)N3CCOCC3)C[C@@H]2C)CC1. The fourth-order valence-corrected chi connectivity index (χ4v) is 4.12. The number of likely N-dealkylation sites (tertiary alicyclic amines) is 1. The van der Waals surface area contributed by atoms with Crippen LogP contribution in [0.1, 0.15) is 13.8 Å². The fraction of sp³-hybridized carbons (Fsp3) is 0.882. The molecule has 24 heavy (non-hydrogen) atoms. The summed E-state index contributed by atoms with van der Waals surface area (Å²) in [5.41, 5.74) is 0. The lowest BCUT2D eigenvalue weighted by Crippen LogP contribution is -2.53. The molecule has 3 fully saturated rings. The molecule has 0 aromatic carbocycles. The second-order valence-electron chi connectivity index (χ2n) is 7.27. The molecule has 7 heteroatoms. The Morgan fingerprint density at radius 3 is 2.25 bits per heavy atom. The van der Waals surface area contributed by atoms with Gasteiger partial charge in [-0.1, -0.05) is 6.92 Å². The normalized spacial score (nSPS) is 29.9. The van der Waals surface area contributed by atoms with E-state index in [-0.39, 0.29) is 11.8 Å². The van der Waals surface area contributed by atoms with Gasteiger partial charge in [-0.05, 0) is 5.92 Å². The van der Waals surface area contributed by atoms with Gasteiger partial charge in [0.25, 0.3) is 0 Å². The first kappa shape index (κ1) is 17.6. The van der Waals surface area contributed by atoms with Gasteiger partial charge < -0.3 is 14.5 Å². The van der Waals surface area contributed by atoms with Crippen molar-refractivity contribution in [2.24, 2.45) is 5.92 Å². The van der Waals surface area contributed by atoms with Crippen molar-refractivity contribution in [1.29, 1.82) is 0 Å². The molecule has 0 saturated carbocycles. The number of carbonyl (C=O) groups excluding carboxylic acids is 2. The Bertz CT molecular complexity index is 459. The number of ether oxygens (including phenoxy) is 1. The van der Waals surface area contributed by atoms with Crippen molar-refractivity contribution in [3.05, 3.63) is 0 Å². The highest BCUT2D eigenvalue weighted by atomic mass is 16.5. The molecule has 3 rings (SSSR count). The number of hydrogen-bond donors (Lipinski definition) is 0. The van der Waals surface area contributed by atoms with E-state index in [9.17, 15) is 9.59 Å². The summed E-state index contributed by atoms with van der Waals surface area (Å²) < 4.78 is 5.32. The van der Waals surface area contributed by atoms with Crippen molar-refractivity contribution in [3.63, 3.8) is 0 Å². The van der Waals surface area contributed by atoms with E-state index in [1.54, 1.807) is 6.92 Å². The largest absolute Gasteiger partial charge is 0.378 e. The van der Waals surface area contributed by atoms with Gasteiger partial charge in [0.2, 0.25) is 11.8 Å². The Kier molecular flexibility index (Phi) is 5.73. The Morgan fingerprint density at radius 2 is 1.62 bits per heavy atom. The van der Waals surface area contributed by atoms with E-state index in [0.717, 1.165) is 52.4 Å². The minimum Gasteiger partial charge on any atom is -0.378 e. The predicted octanol–water partition coefficient (Wildman–Crippen LogP) is -0.670. The number of nitrogens with zero attached hydrogens (tertiary/aromatic N) is 4. The first-order valence-electron chi connectivity index (χ1n) is 9.12. The van der Waals surface area contributed by atoms with Crippen molar-refractivity contribution in [3.8, 4) is 0 Å². The highest BCUT2D eigenvalue weighted by molar-refractivity contribution is 5.78. The molecule has 3 saturated heterocycles. The molecule has 3 aliphatic heterocycles. The number of piperazine rings is 1. The summed E-state index contributed by atoms with van der Waals surface area (Å²) in [4.78, 5) is 32.5. The maximum absolute atomic E-state index is 12.4. The van der Waals surface area contributed by atoms with Crippen molar-refractivity contribution in [2.45, 2.75) is 19.9 Å². The van der Waals surface area contributed by atoms with Crippen LogP contribution in [0.5, 0.6) is 0 Å². The maximum atomic E-state index is 12.4. The molecule has 0 spiro atoms. The van der Waals surface area contributed by atoms with E-state index in [4.69, 9.17) is 4.74 Å². The Labute approximate surface area is 144 Å². The summed E-state index contributed by atoms with van der Waals surface area (Å²) >= 11 is 0. The summed E-state index contributed by atoms with van der Waals surface area (Å²) in [6.07, 6.45) is 0. The van der Waals surface area contributed by atoms with Crippen LogP contribution in [0, 0.1) is 5.92 Å². The van der Waals surface area contributed by atoms with Gasteiger partial charge in [-0.25, -0.2) is 0 Å². The molecule has 0 N–H and O–H groups in total. The lowest BCUT2D eigenvalue weighted by Gasteiger charge is -2.39. The van der Waals surface area contributed by atoms with Gasteiger partial charge in [0, 0.05) is 65.3 Å². The van der Waals surface area contributed by atoms with Crippen LogP contribution in [0.3, 0.4) is 0 Å². The highest BCUT2D eigenvalue weighted by Gasteiger charge is 2.36. The second-order valence-corrected chi connectivity index (χ2v) is 7.27. The van der Waals surface area contributed by atoms with Crippen LogP contribution in [0.15, 0.2) is 0 Å². The molecule has 0 unspecified atom stereocenters. The summed E-state index contributed by atoms with van der Waals surface area (Å²) in [5, 5.41) is 0. The smallest absolute Gasteiger partial charge is 0.236 e. The zero-order valence-corrected chi connectivity index (χ0v) is 14.9. The monoisotopic (exact) mass is 338 g/mol. The third kappa shape index (κ3) is 4.07. The van der Waals surface area contributed by atoms with E-state index in [1.807, 2.05) is 9.80 Å².